The van der Waals surface area contributed by atoms with Crippen LogP contribution in [0.5, 0.6) is 0 Å². The van der Waals surface area contributed by atoms with Crippen molar-refractivity contribution in [2.75, 3.05) is 0 Å². The lowest BCUT2D eigenvalue weighted by molar-refractivity contribution is -0.136. The number of carbonyl (C=O) groups is 1. The molecule has 0 heterocycles. The summed E-state index contributed by atoms with van der Waals surface area (Å²) in [5.74, 6) is -1.09. The minimum atomic E-state index is -2.62. The molecule has 82 valence electrons. The maximum absolute atomic E-state index is 12.6. The summed E-state index contributed by atoms with van der Waals surface area (Å²) in [6.45, 7) is 1.82. The van der Waals surface area contributed by atoms with E-state index in [0.29, 0.717) is 12.0 Å². The molecule has 15 heavy (non-hydrogen) atoms. The number of hydrogen-bond acceptors (Lipinski definition) is 1. The van der Waals surface area contributed by atoms with Crippen LogP contribution in [-0.4, -0.2) is 11.1 Å². The molecule has 4 heteroatoms. The van der Waals surface area contributed by atoms with Crippen molar-refractivity contribution in [3.8, 4) is 0 Å². The van der Waals surface area contributed by atoms with Gasteiger partial charge in [0.1, 0.15) is 0 Å². The molecule has 1 rings (SSSR count). The average Bonchev–Trinajstić information content (AvgIpc) is 2.16. The Labute approximate surface area is 86.5 Å². The Balaban J connectivity index is 3.20. The van der Waals surface area contributed by atoms with Crippen LogP contribution >= 0.6 is 0 Å². The van der Waals surface area contributed by atoms with Crippen LogP contribution in [0, 0.1) is 0 Å². The number of hydrogen-bond donors (Lipinski definition) is 1. The monoisotopic (exact) mass is 214 g/mol. The number of carboxylic acids is 1. The molecule has 0 aliphatic heterocycles. The Morgan fingerprint density at radius 2 is 2.13 bits per heavy atom. The molecule has 0 amide bonds. The summed E-state index contributed by atoms with van der Waals surface area (Å²) in [4.78, 5) is 10.6. The first-order chi connectivity index (χ1) is 7.06. The summed E-state index contributed by atoms with van der Waals surface area (Å²) in [6, 6.07) is 4.50. The van der Waals surface area contributed by atoms with Gasteiger partial charge in [-0.25, -0.2) is 8.78 Å². The molecule has 0 aliphatic carbocycles. The topological polar surface area (TPSA) is 37.3 Å². The highest BCUT2D eigenvalue weighted by Crippen LogP contribution is 2.26. The van der Waals surface area contributed by atoms with Crippen molar-refractivity contribution in [3.63, 3.8) is 0 Å². The molecule has 0 aromatic heterocycles. The summed E-state index contributed by atoms with van der Waals surface area (Å²) >= 11 is 0. The van der Waals surface area contributed by atoms with Gasteiger partial charge in [-0.3, -0.25) is 4.79 Å². The second-order valence-corrected chi connectivity index (χ2v) is 3.21. The molecule has 0 atom stereocenters. The van der Waals surface area contributed by atoms with Gasteiger partial charge < -0.3 is 5.11 Å². The summed E-state index contributed by atoms with van der Waals surface area (Å²) in [7, 11) is 0. The van der Waals surface area contributed by atoms with Crippen LogP contribution in [0.2, 0.25) is 0 Å². The zero-order chi connectivity index (χ0) is 11.4. The summed E-state index contributed by atoms with van der Waals surface area (Å²) < 4.78 is 25.2. The van der Waals surface area contributed by atoms with Crippen LogP contribution in [0.4, 0.5) is 8.78 Å². The highest BCUT2D eigenvalue weighted by Gasteiger charge is 2.17. The van der Waals surface area contributed by atoms with Gasteiger partial charge >= 0.3 is 5.97 Å². The second kappa shape index (κ2) is 4.87. The van der Waals surface area contributed by atoms with E-state index in [1.165, 1.54) is 12.1 Å². The van der Waals surface area contributed by atoms with E-state index in [-0.39, 0.29) is 17.5 Å². The zero-order valence-corrected chi connectivity index (χ0v) is 8.34. The Hall–Kier alpha value is -1.45. The molecule has 1 aromatic rings. The summed E-state index contributed by atoms with van der Waals surface area (Å²) in [5, 5.41) is 8.65. The van der Waals surface area contributed by atoms with E-state index in [2.05, 4.69) is 0 Å². The van der Waals surface area contributed by atoms with Gasteiger partial charge in [0.2, 0.25) is 0 Å². The fraction of sp³-hybridized carbons (Fsp3) is 0.364. The number of aliphatic carboxylic acids is 1. The van der Waals surface area contributed by atoms with E-state index < -0.39 is 12.4 Å². The van der Waals surface area contributed by atoms with Crippen molar-refractivity contribution in [1.29, 1.82) is 0 Å². The largest absolute Gasteiger partial charge is 0.481 e. The SMILES string of the molecule is CCc1cccc(C(F)F)c1CC(=O)O. The summed E-state index contributed by atoms with van der Waals surface area (Å²) in [5.41, 5.74) is 0.759. The number of halogens is 2. The predicted octanol–water partition coefficient (Wildman–Crippen LogP) is 2.81. The van der Waals surface area contributed by atoms with Crippen LogP contribution in [0.3, 0.4) is 0 Å². The number of benzene rings is 1. The van der Waals surface area contributed by atoms with E-state index in [0.717, 1.165) is 0 Å². The molecule has 0 unspecified atom stereocenters. The molecule has 0 saturated heterocycles. The maximum atomic E-state index is 12.6. The van der Waals surface area contributed by atoms with Gasteiger partial charge in [0.05, 0.1) is 6.42 Å². The fourth-order valence-electron chi connectivity index (χ4n) is 1.56. The number of carboxylic acid groups (broad SMARTS) is 1. The van der Waals surface area contributed by atoms with Crippen molar-refractivity contribution in [1.82, 2.24) is 0 Å². The number of aryl methyl sites for hydroxylation is 1. The molecule has 1 aromatic carbocycles. The van der Waals surface area contributed by atoms with Gasteiger partial charge in [0.25, 0.3) is 6.43 Å². The molecule has 0 bridgehead atoms. The van der Waals surface area contributed by atoms with Crippen LogP contribution in [-0.2, 0) is 17.6 Å². The minimum Gasteiger partial charge on any atom is -0.481 e. The van der Waals surface area contributed by atoms with Gasteiger partial charge in [-0.1, -0.05) is 25.1 Å². The van der Waals surface area contributed by atoms with Crippen LogP contribution in [0.1, 0.15) is 30.0 Å². The molecule has 0 fully saturated rings. The van der Waals surface area contributed by atoms with Crippen molar-refractivity contribution in [2.45, 2.75) is 26.2 Å². The third kappa shape index (κ3) is 2.75. The number of rotatable bonds is 4. The third-order valence-electron chi connectivity index (χ3n) is 2.25. The van der Waals surface area contributed by atoms with E-state index in [1.807, 2.05) is 6.92 Å². The smallest absolute Gasteiger partial charge is 0.307 e. The average molecular weight is 214 g/mol. The number of alkyl halides is 2. The summed E-state index contributed by atoms with van der Waals surface area (Å²) in [6.07, 6.45) is -2.40. The molecule has 0 aliphatic rings. The zero-order valence-electron chi connectivity index (χ0n) is 8.34. The van der Waals surface area contributed by atoms with Crippen LogP contribution < -0.4 is 0 Å². The first-order valence-electron chi connectivity index (χ1n) is 4.66. The minimum absolute atomic E-state index is 0.170. The third-order valence-corrected chi connectivity index (χ3v) is 2.25. The predicted molar refractivity (Wildman–Crippen MR) is 52.1 cm³/mol. The van der Waals surface area contributed by atoms with E-state index in [1.54, 1.807) is 6.07 Å². The van der Waals surface area contributed by atoms with Gasteiger partial charge in [0.15, 0.2) is 0 Å². The normalized spacial score (nSPS) is 10.7. The van der Waals surface area contributed by atoms with Crippen LogP contribution in [0.25, 0.3) is 0 Å². The van der Waals surface area contributed by atoms with Crippen molar-refractivity contribution >= 4 is 5.97 Å². The first kappa shape index (κ1) is 11.6. The van der Waals surface area contributed by atoms with Crippen molar-refractivity contribution in [2.24, 2.45) is 0 Å². The highest BCUT2D eigenvalue weighted by molar-refractivity contribution is 5.71. The quantitative estimate of drug-likeness (QED) is 0.836. The Kier molecular flexibility index (Phi) is 3.77. The fourth-order valence-corrected chi connectivity index (χ4v) is 1.56. The lowest BCUT2D eigenvalue weighted by atomic mass is 9.97. The standard InChI is InChI=1S/C11H12F2O2/c1-2-7-4-3-5-8(11(12)13)9(7)6-10(14)15/h3-5,11H,2,6H2,1H3,(H,14,15). The van der Waals surface area contributed by atoms with E-state index in [4.69, 9.17) is 5.11 Å². The lowest BCUT2D eigenvalue weighted by Crippen LogP contribution is -2.07. The van der Waals surface area contributed by atoms with Crippen molar-refractivity contribution < 1.29 is 18.7 Å². The Morgan fingerprint density at radius 1 is 1.47 bits per heavy atom. The second-order valence-electron chi connectivity index (χ2n) is 3.21. The van der Waals surface area contributed by atoms with E-state index in [9.17, 15) is 13.6 Å². The molecular formula is C11H12F2O2. The van der Waals surface area contributed by atoms with Gasteiger partial charge in [0, 0.05) is 5.56 Å². The highest BCUT2D eigenvalue weighted by atomic mass is 19.3. The maximum Gasteiger partial charge on any atom is 0.307 e. The van der Waals surface area contributed by atoms with E-state index >= 15 is 0 Å². The van der Waals surface area contributed by atoms with Gasteiger partial charge in [-0.15, -0.1) is 0 Å². The molecule has 0 saturated carbocycles. The molecular weight excluding hydrogens is 202 g/mol. The molecule has 0 radical (unpaired) electrons. The first-order valence-corrected chi connectivity index (χ1v) is 4.66. The lowest BCUT2D eigenvalue weighted by Gasteiger charge is -2.11. The molecule has 1 N–H and O–H groups in total. The van der Waals surface area contributed by atoms with Gasteiger partial charge in [-0.2, -0.15) is 0 Å². The Morgan fingerprint density at radius 3 is 2.60 bits per heavy atom. The van der Waals surface area contributed by atoms with Crippen molar-refractivity contribution in [3.05, 3.63) is 34.9 Å². The molecule has 2 nitrogen and oxygen atoms in total. The molecule has 0 spiro atoms. The van der Waals surface area contributed by atoms with Crippen LogP contribution in [0.15, 0.2) is 18.2 Å². The Bertz CT molecular complexity index is 362. The van der Waals surface area contributed by atoms with Gasteiger partial charge in [-0.05, 0) is 17.5 Å².